The second kappa shape index (κ2) is 11.6. The fourth-order valence-electron chi connectivity index (χ4n) is 1.27. The first-order valence-corrected chi connectivity index (χ1v) is 7.05. The fraction of sp³-hybridized carbons (Fsp3) is 0.929. The maximum Gasteiger partial charge on any atom is 0.355 e. The van der Waals surface area contributed by atoms with Gasteiger partial charge < -0.3 is 14.2 Å². The molecule has 107 valence electrons. The van der Waals surface area contributed by atoms with Crippen molar-refractivity contribution in [2.45, 2.75) is 65.3 Å². The number of hydrogen-bond acceptors (Lipinski definition) is 4. The third-order valence-electron chi connectivity index (χ3n) is 2.49. The Morgan fingerprint density at radius 1 is 0.778 bits per heavy atom. The van der Waals surface area contributed by atoms with E-state index < -0.39 is 5.97 Å². The summed E-state index contributed by atoms with van der Waals surface area (Å²) in [6.45, 7) is 7.53. The highest BCUT2D eigenvalue weighted by Gasteiger charge is 2.34. The second-order valence-corrected chi connectivity index (χ2v) is 4.26. The maximum absolute atomic E-state index is 11.1. The molecule has 0 aliphatic carbocycles. The minimum atomic E-state index is -1.61. The lowest BCUT2D eigenvalue weighted by molar-refractivity contribution is -0.335. The van der Waals surface area contributed by atoms with E-state index in [2.05, 4.69) is 20.8 Å². The summed E-state index contributed by atoms with van der Waals surface area (Å²) in [5.41, 5.74) is 0. The predicted molar refractivity (Wildman–Crippen MR) is 71.0 cm³/mol. The number of unbranched alkanes of at least 4 members (excludes halogenated alkanes) is 3. The lowest BCUT2D eigenvalue weighted by atomic mass is 10.3. The van der Waals surface area contributed by atoms with Gasteiger partial charge in [0.2, 0.25) is 0 Å². The molecular formula is C14H27O4. The van der Waals surface area contributed by atoms with Gasteiger partial charge in [-0.25, -0.2) is 0 Å². The van der Waals surface area contributed by atoms with E-state index in [0.29, 0.717) is 19.8 Å². The van der Waals surface area contributed by atoms with Crippen LogP contribution in [-0.4, -0.2) is 32.1 Å². The first-order chi connectivity index (χ1) is 8.74. The van der Waals surface area contributed by atoms with Crippen molar-refractivity contribution in [2.24, 2.45) is 0 Å². The summed E-state index contributed by atoms with van der Waals surface area (Å²) in [5.74, 6) is -1.61. The van der Waals surface area contributed by atoms with Gasteiger partial charge in [0, 0.05) is 0 Å². The molecule has 0 bridgehead atoms. The van der Waals surface area contributed by atoms with Crippen LogP contribution in [0.2, 0.25) is 0 Å². The van der Waals surface area contributed by atoms with Crippen LogP contribution in [0.4, 0.5) is 0 Å². The molecule has 0 aliphatic heterocycles. The van der Waals surface area contributed by atoms with E-state index in [-0.39, 0.29) is 0 Å². The Morgan fingerprint density at radius 2 is 1.11 bits per heavy atom. The number of hydrogen-bond donors (Lipinski definition) is 0. The van der Waals surface area contributed by atoms with Crippen molar-refractivity contribution in [3.63, 3.8) is 0 Å². The molecule has 0 aromatic heterocycles. The summed E-state index contributed by atoms with van der Waals surface area (Å²) in [7, 11) is 0. The highest BCUT2D eigenvalue weighted by atomic mass is 16.9. The van der Waals surface area contributed by atoms with E-state index in [0.717, 1.165) is 38.5 Å². The van der Waals surface area contributed by atoms with Crippen molar-refractivity contribution in [1.29, 1.82) is 0 Å². The predicted octanol–water partition coefficient (Wildman–Crippen LogP) is 3.20. The molecule has 1 radical (unpaired) electrons. The molecule has 4 heteroatoms. The van der Waals surface area contributed by atoms with Crippen LogP contribution in [0.5, 0.6) is 0 Å². The Hall–Kier alpha value is -0.450. The number of carbonyl (C=O) groups excluding carboxylic acids is 1. The molecule has 0 atom stereocenters. The molecule has 0 saturated heterocycles. The van der Waals surface area contributed by atoms with Gasteiger partial charge in [0.25, 0.3) is 6.29 Å². The zero-order valence-corrected chi connectivity index (χ0v) is 12.0. The fourth-order valence-corrected chi connectivity index (χ4v) is 1.27. The lowest BCUT2D eigenvalue weighted by Gasteiger charge is -2.27. The van der Waals surface area contributed by atoms with Crippen LogP contribution in [0.25, 0.3) is 0 Å². The molecule has 0 aromatic rings. The third-order valence-corrected chi connectivity index (χ3v) is 2.49. The Morgan fingerprint density at radius 3 is 1.33 bits per heavy atom. The van der Waals surface area contributed by atoms with E-state index in [9.17, 15) is 4.79 Å². The summed E-state index contributed by atoms with van der Waals surface area (Å²) in [6.07, 6.45) is 7.39. The Bertz CT molecular complexity index is 168. The zero-order chi connectivity index (χ0) is 13.7. The number of rotatable bonds is 13. The van der Waals surface area contributed by atoms with Crippen LogP contribution >= 0.6 is 0 Å². The summed E-state index contributed by atoms with van der Waals surface area (Å²) >= 11 is 0. The first-order valence-electron chi connectivity index (χ1n) is 7.05. The highest BCUT2D eigenvalue weighted by Crippen LogP contribution is 2.15. The SMILES string of the molecule is CCCCOC([C]=O)(OCCCC)OCCCC. The summed E-state index contributed by atoms with van der Waals surface area (Å²) in [5, 5.41) is 0. The molecule has 0 rings (SSSR count). The largest absolute Gasteiger partial charge is 0.355 e. The van der Waals surface area contributed by atoms with E-state index in [1.54, 1.807) is 6.29 Å². The Kier molecular flexibility index (Phi) is 11.3. The monoisotopic (exact) mass is 259 g/mol. The average molecular weight is 259 g/mol. The van der Waals surface area contributed by atoms with Crippen LogP contribution in [0.15, 0.2) is 0 Å². The Labute approximate surface area is 111 Å². The van der Waals surface area contributed by atoms with Gasteiger partial charge in [-0.15, -0.1) is 0 Å². The maximum atomic E-state index is 11.1. The van der Waals surface area contributed by atoms with E-state index in [1.165, 1.54) is 0 Å². The molecule has 0 aliphatic rings. The summed E-state index contributed by atoms with van der Waals surface area (Å²) in [6, 6.07) is 0. The van der Waals surface area contributed by atoms with E-state index in [4.69, 9.17) is 14.2 Å². The van der Waals surface area contributed by atoms with Gasteiger partial charge in [-0.05, 0) is 19.3 Å². The van der Waals surface area contributed by atoms with Gasteiger partial charge >= 0.3 is 5.97 Å². The highest BCUT2D eigenvalue weighted by molar-refractivity contribution is 5.58. The van der Waals surface area contributed by atoms with Crippen LogP contribution in [0.3, 0.4) is 0 Å². The molecule has 18 heavy (non-hydrogen) atoms. The quantitative estimate of drug-likeness (QED) is 0.376. The normalized spacial score (nSPS) is 11.7. The zero-order valence-electron chi connectivity index (χ0n) is 12.0. The van der Waals surface area contributed by atoms with E-state index >= 15 is 0 Å². The molecule has 0 heterocycles. The van der Waals surface area contributed by atoms with Crippen LogP contribution in [0.1, 0.15) is 59.3 Å². The standard InChI is InChI=1S/C14H27O4/c1-4-7-10-16-14(13-15,17-11-8-5-2)18-12-9-6-3/h4-12H2,1-3H3. The Balaban J connectivity index is 4.25. The minimum Gasteiger partial charge on any atom is -0.321 e. The molecular weight excluding hydrogens is 232 g/mol. The van der Waals surface area contributed by atoms with Crippen molar-refractivity contribution in [2.75, 3.05) is 19.8 Å². The van der Waals surface area contributed by atoms with E-state index in [1.807, 2.05) is 0 Å². The smallest absolute Gasteiger partial charge is 0.321 e. The van der Waals surface area contributed by atoms with Crippen LogP contribution < -0.4 is 0 Å². The molecule has 4 nitrogen and oxygen atoms in total. The third kappa shape index (κ3) is 7.80. The lowest BCUT2D eigenvalue weighted by Crippen LogP contribution is -2.42. The van der Waals surface area contributed by atoms with Crippen molar-refractivity contribution in [3.05, 3.63) is 0 Å². The first kappa shape index (κ1) is 17.6. The van der Waals surface area contributed by atoms with Crippen molar-refractivity contribution in [3.8, 4) is 0 Å². The van der Waals surface area contributed by atoms with Crippen molar-refractivity contribution < 1.29 is 19.0 Å². The average Bonchev–Trinajstić information content (AvgIpc) is 2.39. The number of ether oxygens (including phenoxy) is 3. The second-order valence-electron chi connectivity index (χ2n) is 4.26. The topological polar surface area (TPSA) is 44.8 Å². The van der Waals surface area contributed by atoms with Crippen LogP contribution in [0, 0.1) is 0 Å². The van der Waals surface area contributed by atoms with Crippen molar-refractivity contribution in [1.82, 2.24) is 0 Å². The minimum absolute atomic E-state index is 0.448. The van der Waals surface area contributed by atoms with Gasteiger partial charge in [-0.3, -0.25) is 4.79 Å². The summed E-state index contributed by atoms with van der Waals surface area (Å²) < 4.78 is 16.3. The molecule has 0 saturated carbocycles. The van der Waals surface area contributed by atoms with Gasteiger partial charge in [-0.2, -0.15) is 0 Å². The van der Waals surface area contributed by atoms with Gasteiger partial charge in [-0.1, -0.05) is 40.0 Å². The molecule has 0 unspecified atom stereocenters. The van der Waals surface area contributed by atoms with Gasteiger partial charge in [0.15, 0.2) is 0 Å². The molecule has 0 spiro atoms. The molecule has 0 fully saturated rings. The van der Waals surface area contributed by atoms with Crippen LogP contribution in [-0.2, 0) is 19.0 Å². The summed E-state index contributed by atoms with van der Waals surface area (Å²) in [4.78, 5) is 11.1. The molecule has 0 amide bonds. The van der Waals surface area contributed by atoms with Gasteiger partial charge in [0.1, 0.15) is 0 Å². The molecule has 0 N–H and O–H groups in total. The van der Waals surface area contributed by atoms with Crippen molar-refractivity contribution >= 4 is 6.29 Å². The van der Waals surface area contributed by atoms with Gasteiger partial charge in [0.05, 0.1) is 19.8 Å². The molecule has 0 aromatic carbocycles.